The normalized spacial score (nSPS) is 26.1. The zero-order valence-electron chi connectivity index (χ0n) is 9.82. The number of carbonyl (C=O) groups is 1. The number of benzene rings is 1. The summed E-state index contributed by atoms with van der Waals surface area (Å²) in [5.41, 5.74) is 2.86. The summed E-state index contributed by atoms with van der Waals surface area (Å²) < 4.78 is 4.97. The molecule has 1 aliphatic heterocycles. The first-order valence-electron chi connectivity index (χ1n) is 6.32. The second-order valence-corrected chi connectivity index (χ2v) is 4.86. The van der Waals surface area contributed by atoms with Crippen LogP contribution in [0, 0.1) is 0 Å². The summed E-state index contributed by atoms with van der Waals surface area (Å²) in [7, 11) is 0. The zero-order chi connectivity index (χ0) is 11.7. The highest BCUT2D eigenvalue weighted by Crippen LogP contribution is 2.30. The van der Waals surface area contributed by atoms with Crippen molar-refractivity contribution >= 4 is 5.91 Å². The highest BCUT2D eigenvalue weighted by Gasteiger charge is 2.31. The van der Waals surface area contributed by atoms with Crippen molar-refractivity contribution in [2.45, 2.75) is 31.3 Å². The van der Waals surface area contributed by atoms with Crippen LogP contribution in [-0.4, -0.2) is 25.2 Å². The Balaban J connectivity index is 1.65. The van der Waals surface area contributed by atoms with Crippen molar-refractivity contribution < 1.29 is 9.53 Å². The van der Waals surface area contributed by atoms with Crippen LogP contribution in [0.4, 0.5) is 0 Å². The molecule has 90 valence electrons. The standard InChI is InChI=1S/C14H17NO2/c16-14(13-9-17-13)15-8-11-6-3-5-10-4-1-2-7-12(10)11/h1-2,4,7,11,13H,3,5-6,8-9H2,(H,15,16). The average molecular weight is 231 g/mol. The smallest absolute Gasteiger partial charge is 0.251 e. The van der Waals surface area contributed by atoms with Gasteiger partial charge in [0, 0.05) is 12.5 Å². The van der Waals surface area contributed by atoms with Gasteiger partial charge in [-0.05, 0) is 30.4 Å². The molecule has 1 heterocycles. The van der Waals surface area contributed by atoms with Crippen LogP contribution >= 0.6 is 0 Å². The minimum atomic E-state index is -0.172. The van der Waals surface area contributed by atoms with Crippen LogP contribution in [0.1, 0.15) is 29.9 Å². The SMILES string of the molecule is O=C(NCC1CCCc2ccccc21)C1CO1. The van der Waals surface area contributed by atoms with E-state index in [1.807, 2.05) is 0 Å². The summed E-state index contributed by atoms with van der Waals surface area (Å²) in [6.45, 7) is 1.34. The summed E-state index contributed by atoms with van der Waals surface area (Å²) >= 11 is 0. The Morgan fingerprint density at radius 2 is 2.24 bits per heavy atom. The lowest BCUT2D eigenvalue weighted by atomic mass is 9.83. The van der Waals surface area contributed by atoms with Gasteiger partial charge in [0.1, 0.15) is 0 Å². The van der Waals surface area contributed by atoms with E-state index in [-0.39, 0.29) is 12.0 Å². The van der Waals surface area contributed by atoms with E-state index in [2.05, 4.69) is 29.6 Å². The Morgan fingerprint density at radius 3 is 3.06 bits per heavy atom. The molecule has 1 aromatic rings. The maximum atomic E-state index is 11.5. The number of ether oxygens (including phenoxy) is 1. The van der Waals surface area contributed by atoms with Crippen LogP contribution in [0.2, 0.25) is 0 Å². The van der Waals surface area contributed by atoms with Gasteiger partial charge in [-0.15, -0.1) is 0 Å². The van der Waals surface area contributed by atoms with Gasteiger partial charge in [-0.2, -0.15) is 0 Å². The molecular weight excluding hydrogens is 214 g/mol. The molecule has 0 radical (unpaired) electrons. The fourth-order valence-corrected chi connectivity index (χ4v) is 2.60. The van der Waals surface area contributed by atoms with E-state index in [1.165, 1.54) is 30.4 Å². The number of carbonyl (C=O) groups excluding carboxylic acids is 1. The molecule has 3 heteroatoms. The van der Waals surface area contributed by atoms with Crippen molar-refractivity contribution in [3.63, 3.8) is 0 Å². The number of fused-ring (bicyclic) bond motifs is 1. The molecule has 3 nitrogen and oxygen atoms in total. The van der Waals surface area contributed by atoms with Crippen LogP contribution in [0.25, 0.3) is 0 Å². The predicted octanol–water partition coefficient (Wildman–Crippen LogP) is 1.62. The first kappa shape index (κ1) is 10.8. The number of epoxide rings is 1. The third kappa shape index (κ3) is 2.34. The number of rotatable bonds is 3. The minimum absolute atomic E-state index is 0.0491. The maximum Gasteiger partial charge on any atom is 0.251 e. The number of hydrogen-bond acceptors (Lipinski definition) is 2. The van der Waals surface area contributed by atoms with Gasteiger partial charge in [0.25, 0.3) is 5.91 Å². The molecule has 3 rings (SSSR count). The molecular formula is C14H17NO2. The van der Waals surface area contributed by atoms with Crippen molar-refractivity contribution in [3.05, 3.63) is 35.4 Å². The molecule has 1 aliphatic carbocycles. The van der Waals surface area contributed by atoms with E-state index in [0.717, 1.165) is 6.54 Å². The summed E-state index contributed by atoms with van der Waals surface area (Å²) in [5.74, 6) is 0.524. The second-order valence-electron chi connectivity index (χ2n) is 4.86. The summed E-state index contributed by atoms with van der Waals surface area (Å²) in [6.07, 6.45) is 3.39. The lowest BCUT2D eigenvalue weighted by Crippen LogP contribution is -2.32. The van der Waals surface area contributed by atoms with Crippen molar-refractivity contribution in [1.29, 1.82) is 0 Å². The van der Waals surface area contributed by atoms with E-state index < -0.39 is 0 Å². The van der Waals surface area contributed by atoms with E-state index >= 15 is 0 Å². The Labute approximate surface area is 101 Å². The average Bonchev–Trinajstić information content (AvgIpc) is 3.20. The lowest BCUT2D eigenvalue weighted by Gasteiger charge is -2.25. The Kier molecular flexibility index (Phi) is 2.85. The molecule has 0 spiro atoms. The highest BCUT2D eigenvalue weighted by atomic mass is 16.6. The number of amides is 1. The Morgan fingerprint density at radius 1 is 1.41 bits per heavy atom. The van der Waals surface area contributed by atoms with Crippen LogP contribution in [0.15, 0.2) is 24.3 Å². The summed E-state index contributed by atoms with van der Waals surface area (Å²) in [5, 5.41) is 2.99. The largest absolute Gasteiger partial charge is 0.363 e. The molecule has 2 unspecified atom stereocenters. The molecule has 1 amide bonds. The van der Waals surface area contributed by atoms with Crippen LogP contribution in [0.3, 0.4) is 0 Å². The molecule has 2 atom stereocenters. The minimum Gasteiger partial charge on any atom is -0.363 e. The predicted molar refractivity (Wildman–Crippen MR) is 64.9 cm³/mol. The van der Waals surface area contributed by atoms with E-state index in [0.29, 0.717) is 12.5 Å². The van der Waals surface area contributed by atoms with E-state index in [1.54, 1.807) is 0 Å². The van der Waals surface area contributed by atoms with E-state index in [4.69, 9.17) is 4.74 Å². The molecule has 1 saturated heterocycles. The molecule has 1 N–H and O–H groups in total. The fraction of sp³-hybridized carbons (Fsp3) is 0.500. The first-order valence-corrected chi connectivity index (χ1v) is 6.32. The molecule has 1 aromatic carbocycles. The number of aryl methyl sites for hydroxylation is 1. The third-order valence-electron chi connectivity index (χ3n) is 3.64. The monoisotopic (exact) mass is 231 g/mol. The van der Waals surface area contributed by atoms with Gasteiger partial charge in [0.15, 0.2) is 6.10 Å². The quantitative estimate of drug-likeness (QED) is 0.803. The number of nitrogens with one attached hydrogen (secondary N) is 1. The van der Waals surface area contributed by atoms with E-state index in [9.17, 15) is 4.79 Å². The van der Waals surface area contributed by atoms with Crippen molar-refractivity contribution in [2.24, 2.45) is 0 Å². The highest BCUT2D eigenvalue weighted by molar-refractivity contribution is 5.82. The third-order valence-corrected chi connectivity index (χ3v) is 3.64. The van der Waals surface area contributed by atoms with Gasteiger partial charge in [0.2, 0.25) is 0 Å². The molecule has 0 aromatic heterocycles. The van der Waals surface area contributed by atoms with Crippen molar-refractivity contribution in [1.82, 2.24) is 5.32 Å². The topological polar surface area (TPSA) is 41.6 Å². The van der Waals surface area contributed by atoms with Gasteiger partial charge in [-0.1, -0.05) is 24.3 Å². The van der Waals surface area contributed by atoms with Crippen molar-refractivity contribution in [3.8, 4) is 0 Å². The summed E-state index contributed by atoms with van der Waals surface area (Å²) in [4.78, 5) is 11.5. The fourth-order valence-electron chi connectivity index (χ4n) is 2.60. The summed E-state index contributed by atoms with van der Waals surface area (Å²) in [6, 6.07) is 8.58. The van der Waals surface area contributed by atoms with Crippen molar-refractivity contribution in [2.75, 3.05) is 13.2 Å². The molecule has 0 saturated carbocycles. The molecule has 17 heavy (non-hydrogen) atoms. The van der Waals surface area contributed by atoms with Crippen LogP contribution in [0.5, 0.6) is 0 Å². The van der Waals surface area contributed by atoms with Gasteiger partial charge in [0.05, 0.1) is 6.61 Å². The Bertz CT molecular complexity index is 426. The first-order chi connectivity index (χ1) is 8.34. The molecule has 2 aliphatic rings. The molecule has 1 fully saturated rings. The number of hydrogen-bond donors (Lipinski definition) is 1. The van der Waals surface area contributed by atoms with Gasteiger partial charge < -0.3 is 10.1 Å². The van der Waals surface area contributed by atoms with Crippen LogP contribution in [-0.2, 0) is 16.0 Å². The maximum absolute atomic E-state index is 11.5. The van der Waals surface area contributed by atoms with Gasteiger partial charge in [-0.3, -0.25) is 4.79 Å². The van der Waals surface area contributed by atoms with Gasteiger partial charge >= 0.3 is 0 Å². The zero-order valence-corrected chi connectivity index (χ0v) is 9.82. The van der Waals surface area contributed by atoms with Crippen LogP contribution < -0.4 is 5.32 Å². The Hall–Kier alpha value is -1.35. The second kappa shape index (κ2) is 4.49. The van der Waals surface area contributed by atoms with Gasteiger partial charge in [-0.25, -0.2) is 0 Å². The molecule has 0 bridgehead atoms. The lowest BCUT2D eigenvalue weighted by molar-refractivity contribution is -0.122.